The molecule has 0 aromatic heterocycles. The van der Waals surface area contributed by atoms with E-state index in [0.717, 1.165) is 11.1 Å². The van der Waals surface area contributed by atoms with Gasteiger partial charge in [-0.2, -0.15) is 0 Å². The molecular weight excluding hydrogens is 552 g/mol. The number of carbonyl (C=O) groups is 2. The van der Waals surface area contributed by atoms with E-state index in [1.54, 1.807) is 24.3 Å². The fourth-order valence-electron chi connectivity index (χ4n) is 5.11. The van der Waals surface area contributed by atoms with Crippen molar-refractivity contribution in [3.63, 3.8) is 0 Å². The second-order valence-corrected chi connectivity index (χ2v) is 11.7. The molecule has 0 spiro atoms. The van der Waals surface area contributed by atoms with Crippen molar-refractivity contribution >= 4 is 11.9 Å². The quantitative estimate of drug-likeness (QED) is 0.169. The number of hydrogen-bond donors (Lipinski definition) is 2. The molecule has 0 saturated carbocycles. The van der Waals surface area contributed by atoms with Crippen LogP contribution in [0.5, 0.6) is 23.0 Å². The maximum Gasteiger partial charge on any atom is 0.335 e. The highest BCUT2D eigenvalue weighted by Crippen LogP contribution is 2.38. The first-order valence-corrected chi connectivity index (χ1v) is 14.3. The lowest BCUT2D eigenvalue weighted by Crippen LogP contribution is -2.22. The van der Waals surface area contributed by atoms with E-state index >= 15 is 0 Å². The molecule has 0 saturated heterocycles. The summed E-state index contributed by atoms with van der Waals surface area (Å²) in [5.74, 6) is 0.556. The Bertz CT molecular complexity index is 1640. The van der Waals surface area contributed by atoms with Gasteiger partial charge in [0.2, 0.25) is 0 Å². The van der Waals surface area contributed by atoms with Crippen LogP contribution < -0.4 is 9.47 Å². The van der Waals surface area contributed by atoms with Gasteiger partial charge in [0, 0.05) is 10.8 Å². The summed E-state index contributed by atoms with van der Waals surface area (Å²) >= 11 is 0. The molecular formula is C38H34O6. The highest BCUT2D eigenvalue weighted by Gasteiger charge is 2.28. The van der Waals surface area contributed by atoms with Crippen LogP contribution >= 0.6 is 0 Å². The molecule has 0 aliphatic rings. The third-order valence-corrected chi connectivity index (χ3v) is 8.13. The van der Waals surface area contributed by atoms with Gasteiger partial charge in [0.15, 0.2) is 0 Å². The van der Waals surface area contributed by atoms with Crippen LogP contribution in [0.4, 0.5) is 0 Å². The Morgan fingerprint density at radius 2 is 0.750 bits per heavy atom. The summed E-state index contributed by atoms with van der Waals surface area (Å²) in [7, 11) is 0. The minimum absolute atomic E-state index is 0.216. The van der Waals surface area contributed by atoms with Gasteiger partial charge in [0.05, 0.1) is 11.1 Å². The number of benzene rings is 5. The zero-order valence-corrected chi connectivity index (χ0v) is 25.1. The summed E-state index contributed by atoms with van der Waals surface area (Å²) in [6, 6.07) is 37.3. The van der Waals surface area contributed by atoms with Gasteiger partial charge < -0.3 is 19.7 Å². The molecule has 5 aromatic carbocycles. The van der Waals surface area contributed by atoms with E-state index in [2.05, 4.69) is 76.2 Å². The molecule has 0 unspecified atom stereocenters. The molecule has 0 aliphatic carbocycles. The molecule has 0 radical (unpaired) electrons. The number of hydrogen-bond acceptors (Lipinski definition) is 4. The van der Waals surface area contributed by atoms with Crippen LogP contribution in [0.1, 0.15) is 70.7 Å². The van der Waals surface area contributed by atoms with E-state index in [1.807, 2.05) is 24.3 Å². The number of carboxylic acid groups (broad SMARTS) is 2. The first kappa shape index (κ1) is 30.1. The smallest absolute Gasteiger partial charge is 0.335 e. The summed E-state index contributed by atoms with van der Waals surface area (Å²) in [5.41, 5.74) is 4.53. The molecule has 0 atom stereocenters. The molecule has 5 aromatic rings. The number of ether oxygens (including phenoxy) is 2. The lowest BCUT2D eigenvalue weighted by Gasteiger charge is -2.31. The van der Waals surface area contributed by atoms with Crippen LogP contribution in [0.15, 0.2) is 121 Å². The molecule has 6 heteroatoms. The molecule has 5 rings (SSSR count). The number of rotatable bonds is 10. The van der Waals surface area contributed by atoms with Gasteiger partial charge in [-0.3, -0.25) is 0 Å². The Morgan fingerprint density at radius 3 is 1.05 bits per heavy atom. The van der Waals surface area contributed by atoms with Crippen molar-refractivity contribution in [2.24, 2.45) is 0 Å². The van der Waals surface area contributed by atoms with Crippen molar-refractivity contribution in [2.45, 2.75) is 38.5 Å². The topological polar surface area (TPSA) is 93.1 Å². The Morgan fingerprint density at radius 1 is 0.455 bits per heavy atom. The highest BCUT2D eigenvalue weighted by molar-refractivity contribution is 5.88. The van der Waals surface area contributed by atoms with E-state index in [1.165, 1.54) is 35.4 Å². The zero-order valence-electron chi connectivity index (χ0n) is 25.1. The van der Waals surface area contributed by atoms with Gasteiger partial charge in [-0.25, -0.2) is 9.59 Å². The maximum absolute atomic E-state index is 11.1. The highest BCUT2D eigenvalue weighted by atomic mass is 16.5. The van der Waals surface area contributed by atoms with Crippen LogP contribution in [0, 0.1) is 0 Å². The normalized spacial score (nSPS) is 11.5. The maximum atomic E-state index is 11.1. The van der Waals surface area contributed by atoms with E-state index in [-0.39, 0.29) is 22.0 Å². The van der Waals surface area contributed by atoms with Crippen molar-refractivity contribution in [2.75, 3.05) is 0 Å². The molecule has 2 N–H and O–H groups in total. The van der Waals surface area contributed by atoms with Gasteiger partial charge >= 0.3 is 11.9 Å². The van der Waals surface area contributed by atoms with Crippen LogP contribution in [0.25, 0.3) is 0 Å². The Labute approximate surface area is 257 Å². The number of aromatic carboxylic acids is 2. The predicted octanol–water partition coefficient (Wildman–Crippen LogP) is 9.32. The average molecular weight is 587 g/mol. The summed E-state index contributed by atoms with van der Waals surface area (Å²) in [6.45, 7) is 8.81. The summed E-state index contributed by atoms with van der Waals surface area (Å²) < 4.78 is 11.9. The average Bonchev–Trinajstić information content (AvgIpc) is 3.02. The lowest BCUT2D eigenvalue weighted by molar-refractivity contribution is 0.0686. The third kappa shape index (κ3) is 6.50. The standard InChI is InChI=1S/C38H34O6/c1-37(2,27-12-20-33(21-13-27)43-31-16-8-25(9-17-31)35(39)40)29-6-5-7-30(24-29)38(3,4)28-14-22-34(23-15-28)44-32-18-10-26(11-19-32)36(41)42/h5-24H,1-4H3,(H,39,40)(H,41,42). The predicted molar refractivity (Wildman–Crippen MR) is 171 cm³/mol. The molecule has 0 bridgehead atoms. The first-order chi connectivity index (χ1) is 20.9. The van der Waals surface area contributed by atoms with Gasteiger partial charge in [0.1, 0.15) is 23.0 Å². The van der Waals surface area contributed by atoms with E-state index in [4.69, 9.17) is 19.7 Å². The van der Waals surface area contributed by atoms with Crippen molar-refractivity contribution in [3.05, 3.63) is 155 Å². The van der Waals surface area contributed by atoms with E-state index < -0.39 is 11.9 Å². The van der Waals surface area contributed by atoms with Gasteiger partial charge in [-0.05, 0) is 95.1 Å². The van der Waals surface area contributed by atoms with Crippen molar-refractivity contribution in [3.8, 4) is 23.0 Å². The monoisotopic (exact) mass is 586 g/mol. The van der Waals surface area contributed by atoms with E-state index in [0.29, 0.717) is 23.0 Å². The summed E-state index contributed by atoms with van der Waals surface area (Å²) in [6.07, 6.45) is 0. The Kier molecular flexibility index (Phi) is 8.28. The zero-order chi connectivity index (χ0) is 31.5. The van der Waals surface area contributed by atoms with Crippen molar-refractivity contribution < 1.29 is 29.3 Å². The van der Waals surface area contributed by atoms with Gasteiger partial charge in [-0.1, -0.05) is 76.2 Å². The Hall–Kier alpha value is -5.36. The largest absolute Gasteiger partial charge is 0.478 e. The number of carboxylic acids is 2. The van der Waals surface area contributed by atoms with Crippen molar-refractivity contribution in [1.29, 1.82) is 0 Å². The molecule has 44 heavy (non-hydrogen) atoms. The van der Waals surface area contributed by atoms with Gasteiger partial charge in [-0.15, -0.1) is 0 Å². The SMILES string of the molecule is CC(C)(c1ccc(Oc2ccc(C(=O)O)cc2)cc1)c1cccc(C(C)(C)c2ccc(Oc3ccc(C(=O)O)cc3)cc2)c1. The van der Waals surface area contributed by atoms with Crippen LogP contribution in [-0.4, -0.2) is 22.2 Å². The molecule has 6 nitrogen and oxygen atoms in total. The fraction of sp³-hybridized carbons (Fsp3) is 0.158. The Balaban J connectivity index is 1.30. The summed E-state index contributed by atoms with van der Waals surface area (Å²) in [4.78, 5) is 22.2. The van der Waals surface area contributed by atoms with Gasteiger partial charge in [0.25, 0.3) is 0 Å². The minimum atomic E-state index is -0.970. The lowest BCUT2D eigenvalue weighted by atomic mass is 9.73. The fourth-order valence-corrected chi connectivity index (χ4v) is 5.11. The summed E-state index contributed by atoms with van der Waals surface area (Å²) in [5, 5.41) is 18.2. The van der Waals surface area contributed by atoms with Crippen LogP contribution in [0.3, 0.4) is 0 Å². The van der Waals surface area contributed by atoms with E-state index in [9.17, 15) is 9.59 Å². The minimum Gasteiger partial charge on any atom is -0.478 e. The molecule has 222 valence electrons. The van der Waals surface area contributed by atoms with Crippen molar-refractivity contribution in [1.82, 2.24) is 0 Å². The second kappa shape index (κ2) is 12.1. The molecule has 0 amide bonds. The molecule has 0 heterocycles. The second-order valence-electron chi connectivity index (χ2n) is 11.7. The van der Waals surface area contributed by atoms with Crippen LogP contribution in [0.2, 0.25) is 0 Å². The molecule has 0 fully saturated rings. The van der Waals surface area contributed by atoms with Crippen LogP contribution in [-0.2, 0) is 10.8 Å². The molecule has 0 aliphatic heterocycles. The third-order valence-electron chi connectivity index (χ3n) is 8.13. The first-order valence-electron chi connectivity index (χ1n) is 14.3.